The van der Waals surface area contributed by atoms with Gasteiger partial charge in [-0.25, -0.2) is 4.98 Å². The number of aromatic nitrogens is 1. The standard InChI is InChI=1S/C22H24N2O2S/c25-22(26)16-10-12-17(13-11-16)23-19(14-15-6-2-1-3-7-15)21-24-18-8-4-5-9-20(18)27-21/h1-9,16-17,19,23H,10-14H2,(H,25,26). The van der Waals surface area contributed by atoms with E-state index in [1.807, 2.05) is 12.1 Å². The molecule has 1 aliphatic rings. The maximum Gasteiger partial charge on any atom is 0.306 e. The van der Waals surface area contributed by atoms with Gasteiger partial charge in [-0.1, -0.05) is 42.5 Å². The average molecular weight is 381 g/mol. The fourth-order valence-corrected chi connectivity index (χ4v) is 4.93. The summed E-state index contributed by atoms with van der Waals surface area (Å²) in [4.78, 5) is 16.1. The lowest BCUT2D eigenvalue weighted by molar-refractivity contribution is -0.142. The second kappa shape index (κ2) is 8.19. The minimum Gasteiger partial charge on any atom is -0.481 e. The van der Waals surface area contributed by atoms with Gasteiger partial charge in [0.1, 0.15) is 5.01 Å². The number of aliphatic carboxylic acids is 1. The molecule has 4 rings (SSSR count). The Hall–Kier alpha value is -2.24. The van der Waals surface area contributed by atoms with Gasteiger partial charge >= 0.3 is 5.97 Å². The quantitative estimate of drug-likeness (QED) is 0.644. The summed E-state index contributed by atoms with van der Waals surface area (Å²) in [5.41, 5.74) is 2.33. The van der Waals surface area contributed by atoms with Crippen LogP contribution in [0.5, 0.6) is 0 Å². The van der Waals surface area contributed by atoms with Crippen LogP contribution in [-0.4, -0.2) is 22.1 Å². The number of carboxylic acids is 1. The van der Waals surface area contributed by atoms with Gasteiger partial charge in [-0.2, -0.15) is 0 Å². The zero-order valence-electron chi connectivity index (χ0n) is 15.2. The summed E-state index contributed by atoms with van der Waals surface area (Å²) in [5.74, 6) is -0.835. The highest BCUT2D eigenvalue weighted by Gasteiger charge is 2.28. The van der Waals surface area contributed by atoms with Gasteiger partial charge in [-0.15, -0.1) is 11.3 Å². The van der Waals surface area contributed by atoms with Crippen LogP contribution in [0.2, 0.25) is 0 Å². The Morgan fingerprint density at radius 3 is 2.48 bits per heavy atom. The van der Waals surface area contributed by atoms with Crippen LogP contribution in [0.3, 0.4) is 0 Å². The number of para-hydroxylation sites is 1. The molecule has 4 nitrogen and oxygen atoms in total. The Morgan fingerprint density at radius 1 is 1.07 bits per heavy atom. The zero-order chi connectivity index (χ0) is 18.6. The summed E-state index contributed by atoms with van der Waals surface area (Å²) in [6.45, 7) is 0. The fraction of sp³-hybridized carbons (Fsp3) is 0.364. The molecule has 140 valence electrons. The predicted octanol–water partition coefficient (Wildman–Crippen LogP) is 4.81. The molecule has 2 aromatic carbocycles. The molecular formula is C22H24N2O2S. The normalized spacial score (nSPS) is 21.2. The molecule has 1 aromatic heterocycles. The monoisotopic (exact) mass is 380 g/mol. The Balaban J connectivity index is 1.54. The minimum atomic E-state index is -0.652. The first kappa shape index (κ1) is 18.1. The number of hydrogen-bond donors (Lipinski definition) is 2. The molecule has 5 heteroatoms. The Morgan fingerprint density at radius 2 is 1.78 bits per heavy atom. The van der Waals surface area contributed by atoms with Crippen LogP contribution < -0.4 is 5.32 Å². The highest BCUT2D eigenvalue weighted by atomic mass is 32.1. The van der Waals surface area contributed by atoms with Gasteiger partial charge < -0.3 is 10.4 Å². The Kier molecular flexibility index (Phi) is 5.50. The number of rotatable bonds is 6. The van der Waals surface area contributed by atoms with Crippen molar-refractivity contribution >= 4 is 27.5 Å². The molecule has 0 bridgehead atoms. The molecule has 0 saturated heterocycles. The molecule has 1 fully saturated rings. The van der Waals surface area contributed by atoms with E-state index in [2.05, 4.69) is 47.8 Å². The molecule has 0 amide bonds. The second-order valence-corrected chi connectivity index (χ2v) is 8.38. The summed E-state index contributed by atoms with van der Waals surface area (Å²) in [7, 11) is 0. The molecule has 1 saturated carbocycles. The van der Waals surface area contributed by atoms with E-state index < -0.39 is 5.97 Å². The molecule has 0 aliphatic heterocycles. The van der Waals surface area contributed by atoms with Gasteiger partial charge in [-0.3, -0.25) is 4.79 Å². The number of fused-ring (bicyclic) bond motifs is 1. The summed E-state index contributed by atoms with van der Waals surface area (Å²) >= 11 is 1.75. The van der Waals surface area contributed by atoms with Crippen molar-refractivity contribution in [2.24, 2.45) is 5.92 Å². The van der Waals surface area contributed by atoms with E-state index in [9.17, 15) is 9.90 Å². The molecule has 27 heavy (non-hydrogen) atoms. The van der Waals surface area contributed by atoms with Gasteiger partial charge in [-0.05, 0) is 49.8 Å². The molecule has 1 heterocycles. The van der Waals surface area contributed by atoms with Crippen LogP contribution in [0.25, 0.3) is 10.2 Å². The first-order valence-electron chi connectivity index (χ1n) is 9.57. The number of nitrogens with one attached hydrogen (secondary N) is 1. The number of carboxylic acid groups (broad SMARTS) is 1. The van der Waals surface area contributed by atoms with Crippen LogP contribution in [0.1, 0.15) is 42.3 Å². The minimum absolute atomic E-state index is 0.149. The van der Waals surface area contributed by atoms with Crippen LogP contribution >= 0.6 is 11.3 Å². The third-order valence-corrected chi connectivity index (χ3v) is 6.55. The SMILES string of the molecule is O=C(O)C1CCC(NC(Cc2ccccc2)c2nc3ccccc3s2)CC1. The summed E-state index contributed by atoms with van der Waals surface area (Å²) in [5, 5.41) is 14.1. The molecule has 0 radical (unpaired) electrons. The zero-order valence-corrected chi connectivity index (χ0v) is 16.0. The number of nitrogens with zero attached hydrogens (tertiary/aromatic N) is 1. The molecule has 2 N–H and O–H groups in total. The largest absolute Gasteiger partial charge is 0.481 e. The van der Waals surface area contributed by atoms with Crippen LogP contribution in [0, 0.1) is 5.92 Å². The van der Waals surface area contributed by atoms with E-state index in [4.69, 9.17) is 4.98 Å². The lowest BCUT2D eigenvalue weighted by atomic mass is 9.85. The molecule has 1 atom stereocenters. The lowest BCUT2D eigenvalue weighted by Crippen LogP contribution is -2.38. The number of hydrogen-bond acceptors (Lipinski definition) is 4. The van der Waals surface area contributed by atoms with Crippen molar-refractivity contribution in [1.29, 1.82) is 0 Å². The molecule has 1 unspecified atom stereocenters. The fourth-order valence-electron chi connectivity index (χ4n) is 3.90. The first-order chi connectivity index (χ1) is 13.2. The van der Waals surface area contributed by atoms with E-state index in [1.54, 1.807) is 11.3 Å². The van der Waals surface area contributed by atoms with Crippen LogP contribution in [0.15, 0.2) is 54.6 Å². The number of thiazole rings is 1. The van der Waals surface area contributed by atoms with Gasteiger partial charge in [0.15, 0.2) is 0 Å². The van der Waals surface area contributed by atoms with Gasteiger partial charge in [0.2, 0.25) is 0 Å². The predicted molar refractivity (Wildman–Crippen MR) is 109 cm³/mol. The maximum atomic E-state index is 11.2. The third kappa shape index (κ3) is 4.37. The summed E-state index contributed by atoms with van der Waals surface area (Å²) in [6.07, 6.45) is 4.22. The van der Waals surface area contributed by atoms with Crippen molar-refractivity contribution in [1.82, 2.24) is 10.3 Å². The van der Waals surface area contributed by atoms with E-state index in [1.165, 1.54) is 10.3 Å². The third-order valence-electron chi connectivity index (χ3n) is 5.40. The van der Waals surface area contributed by atoms with Crippen LogP contribution in [0.4, 0.5) is 0 Å². The van der Waals surface area contributed by atoms with E-state index in [0.29, 0.717) is 6.04 Å². The number of benzene rings is 2. The molecule has 0 spiro atoms. The van der Waals surface area contributed by atoms with Gasteiger partial charge in [0.25, 0.3) is 0 Å². The smallest absolute Gasteiger partial charge is 0.306 e. The second-order valence-electron chi connectivity index (χ2n) is 7.32. The Bertz CT molecular complexity index is 868. The van der Waals surface area contributed by atoms with E-state index in [-0.39, 0.29) is 12.0 Å². The topological polar surface area (TPSA) is 62.2 Å². The van der Waals surface area contributed by atoms with Crippen molar-refractivity contribution in [2.75, 3.05) is 0 Å². The van der Waals surface area contributed by atoms with Crippen LogP contribution in [-0.2, 0) is 11.2 Å². The summed E-state index contributed by atoms with van der Waals surface area (Å²) < 4.78 is 1.21. The van der Waals surface area contributed by atoms with Gasteiger partial charge in [0, 0.05) is 6.04 Å². The molecule has 3 aromatic rings. The average Bonchev–Trinajstić information content (AvgIpc) is 3.13. The molecular weight excluding hydrogens is 356 g/mol. The van der Waals surface area contributed by atoms with Crippen molar-refractivity contribution in [3.05, 3.63) is 65.2 Å². The highest BCUT2D eigenvalue weighted by molar-refractivity contribution is 7.18. The Labute approximate surface area is 163 Å². The van der Waals surface area contributed by atoms with Crippen molar-refractivity contribution < 1.29 is 9.90 Å². The molecule has 1 aliphatic carbocycles. The highest BCUT2D eigenvalue weighted by Crippen LogP contribution is 2.31. The summed E-state index contributed by atoms with van der Waals surface area (Å²) in [6, 6.07) is 19.3. The van der Waals surface area contributed by atoms with Crippen molar-refractivity contribution in [3.63, 3.8) is 0 Å². The van der Waals surface area contributed by atoms with E-state index in [0.717, 1.165) is 42.6 Å². The lowest BCUT2D eigenvalue weighted by Gasteiger charge is -2.30. The first-order valence-corrected chi connectivity index (χ1v) is 10.4. The maximum absolute atomic E-state index is 11.2. The number of carbonyl (C=O) groups is 1. The van der Waals surface area contributed by atoms with Crippen molar-refractivity contribution in [3.8, 4) is 0 Å². The van der Waals surface area contributed by atoms with Gasteiger partial charge in [0.05, 0.1) is 22.2 Å². The van der Waals surface area contributed by atoms with Crippen molar-refractivity contribution in [2.45, 2.75) is 44.2 Å². The van der Waals surface area contributed by atoms with E-state index >= 15 is 0 Å².